The van der Waals surface area contributed by atoms with E-state index >= 15 is 0 Å². The first-order valence-corrected chi connectivity index (χ1v) is 6.99. The normalized spacial score (nSPS) is 16.6. The van der Waals surface area contributed by atoms with Gasteiger partial charge in [0.15, 0.2) is 0 Å². The number of hydrogen-bond acceptors (Lipinski definition) is 3. The molecule has 1 heterocycles. The number of halogens is 1. The summed E-state index contributed by atoms with van der Waals surface area (Å²) in [6, 6.07) is 5.08. The van der Waals surface area contributed by atoms with Gasteiger partial charge in [-0.3, -0.25) is 4.90 Å². The summed E-state index contributed by atoms with van der Waals surface area (Å²) in [7, 11) is 0. The number of benzene rings is 1. The molecule has 1 saturated heterocycles. The Morgan fingerprint density at radius 1 is 1.32 bits per heavy atom. The lowest BCUT2D eigenvalue weighted by Crippen LogP contribution is -2.46. The first-order valence-electron chi connectivity index (χ1n) is 6.62. The quantitative estimate of drug-likeness (QED) is 0.922. The Balaban J connectivity index is 2.13. The Labute approximate surface area is 118 Å². The predicted octanol–water partition coefficient (Wildman–Crippen LogP) is 2.57. The summed E-state index contributed by atoms with van der Waals surface area (Å²) in [5.41, 5.74) is 1.06. The van der Waals surface area contributed by atoms with Gasteiger partial charge in [0, 0.05) is 31.2 Å². The Hall–Kier alpha value is -1.26. The Morgan fingerprint density at radius 3 is 2.58 bits per heavy atom. The van der Waals surface area contributed by atoms with Crippen molar-refractivity contribution in [2.24, 2.45) is 0 Å². The maximum atomic E-state index is 11.3. The van der Waals surface area contributed by atoms with E-state index in [2.05, 4.69) is 16.7 Å². The Kier molecular flexibility index (Phi) is 4.66. The van der Waals surface area contributed by atoms with Gasteiger partial charge in [0.2, 0.25) is 0 Å². The summed E-state index contributed by atoms with van der Waals surface area (Å²) >= 11 is 5.87. The van der Waals surface area contributed by atoms with E-state index in [0.717, 1.165) is 44.8 Å². The fourth-order valence-corrected chi connectivity index (χ4v) is 2.66. The van der Waals surface area contributed by atoms with Crippen LogP contribution in [0.2, 0.25) is 5.02 Å². The van der Waals surface area contributed by atoms with E-state index in [1.54, 1.807) is 12.1 Å². The molecule has 1 aromatic rings. The molecule has 0 aliphatic carbocycles. The monoisotopic (exact) mass is 282 g/mol. The topological polar surface area (TPSA) is 43.8 Å². The van der Waals surface area contributed by atoms with Crippen LogP contribution in [0.25, 0.3) is 0 Å². The minimum absolute atomic E-state index is 0.288. The van der Waals surface area contributed by atoms with E-state index in [1.165, 1.54) is 6.07 Å². The minimum atomic E-state index is -0.923. The van der Waals surface area contributed by atoms with E-state index < -0.39 is 5.97 Å². The van der Waals surface area contributed by atoms with Gasteiger partial charge in [0.25, 0.3) is 0 Å². The van der Waals surface area contributed by atoms with Crippen LogP contribution in [0.5, 0.6) is 0 Å². The van der Waals surface area contributed by atoms with Gasteiger partial charge in [-0.25, -0.2) is 4.79 Å². The third-order valence-electron chi connectivity index (χ3n) is 3.44. The average Bonchev–Trinajstić information content (AvgIpc) is 2.40. The van der Waals surface area contributed by atoms with Gasteiger partial charge in [0.1, 0.15) is 0 Å². The molecule has 0 aromatic heterocycles. The largest absolute Gasteiger partial charge is 0.478 e. The maximum Gasteiger partial charge on any atom is 0.337 e. The van der Waals surface area contributed by atoms with Gasteiger partial charge in [-0.15, -0.1) is 0 Å². The van der Waals surface area contributed by atoms with Crippen LogP contribution in [0, 0.1) is 0 Å². The summed E-state index contributed by atoms with van der Waals surface area (Å²) in [4.78, 5) is 15.8. The molecule has 104 valence electrons. The van der Waals surface area contributed by atoms with Crippen LogP contribution in [0.4, 0.5) is 5.69 Å². The number of carboxylic acids is 1. The highest BCUT2D eigenvalue weighted by molar-refractivity contribution is 6.31. The second-order valence-electron chi connectivity index (χ2n) is 4.80. The molecule has 0 spiro atoms. The van der Waals surface area contributed by atoms with Crippen molar-refractivity contribution in [2.75, 3.05) is 37.6 Å². The first-order chi connectivity index (χ1) is 9.11. The van der Waals surface area contributed by atoms with Crippen molar-refractivity contribution < 1.29 is 9.90 Å². The van der Waals surface area contributed by atoms with Crippen LogP contribution in [0.15, 0.2) is 18.2 Å². The summed E-state index contributed by atoms with van der Waals surface area (Å²) in [6.45, 7) is 6.98. The fourth-order valence-electron chi connectivity index (χ4n) is 2.48. The number of anilines is 1. The molecular weight excluding hydrogens is 264 g/mol. The van der Waals surface area contributed by atoms with E-state index in [4.69, 9.17) is 11.6 Å². The molecule has 1 aliphatic rings. The van der Waals surface area contributed by atoms with Crippen LogP contribution in [0.1, 0.15) is 23.7 Å². The fraction of sp³-hybridized carbons (Fsp3) is 0.500. The molecule has 0 radical (unpaired) electrons. The van der Waals surface area contributed by atoms with Crippen molar-refractivity contribution in [3.05, 3.63) is 28.8 Å². The van der Waals surface area contributed by atoms with Crippen LogP contribution in [0.3, 0.4) is 0 Å². The van der Waals surface area contributed by atoms with Crippen molar-refractivity contribution in [2.45, 2.75) is 13.3 Å². The van der Waals surface area contributed by atoms with E-state index in [0.29, 0.717) is 5.02 Å². The second-order valence-corrected chi connectivity index (χ2v) is 5.23. The van der Waals surface area contributed by atoms with E-state index in [1.807, 2.05) is 0 Å². The minimum Gasteiger partial charge on any atom is -0.478 e. The van der Waals surface area contributed by atoms with Crippen LogP contribution >= 0.6 is 11.6 Å². The molecule has 5 heteroatoms. The molecule has 4 nitrogen and oxygen atoms in total. The molecule has 0 bridgehead atoms. The van der Waals surface area contributed by atoms with Gasteiger partial charge < -0.3 is 10.0 Å². The summed E-state index contributed by atoms with van der Waals surface area (Å²) in [6.07, 6.45) is 1.15. The standard InChI is InChI=1S/C14H19ClN2O2/c1-2-5-16-6-8-17(9-7-16)13-4-3-11(15)10-12(13)14(18)19/h3-4,10H,2,5-9H2,1H3,(H,18,19). The maximum absolute atomic E-state index is 11.3. The van der Waals surface area contributed by atoms with E-state index in [9.17, 15) is 9.90 Å². The first kappa shape index (κ1) is 14.2. The zero-order chi connectivity index (χ0) is 13.8. The molecule has 19 heavy (non-hydrogen) atoms. The molecular formula is C14H19ClN2O2. The zero-order valence-electron chi connectivity index (χ0n) is 11.1. The molecule has 0 unspecified atom stereocenters. The van der Waals surface area contributed by atoms with Crippen LogP contribution in [-0.4, -0.2) is 48.7 Å². The third-order valence-corrected chi connectivity index (χ3v) is 3.68. The lowest BCUT2D eigenvalue weighted by Gasteiger charge is -2.36. The number of carbonyl (C=O) groups is 1. The molecule has 0 amide bonds. The highest BCUT2D eigenvalue weighted by Gasteiger charge is 2.21. The number of hydrogen-bond donors (Lipinski definition) is 1. The van der Waals surface area contributed by atoms with Crippen molar-refractivity contribution in [3.63, 3.8) is 0 Å². The van der Waals surface area contributed by atoms with Crippen molar-refractivity contribution in [1.82, 2.24) is 4.90 Å². The van der Waals surface area contributed by atoms with Crippen molar-refractivity contribution in [1.29, 1.82) is 0 Å². The molecule has 0 saturated carbocycles. The summed E-state index contributed by atoms with van der Waals surface area (Å²) < 4.78 is 0. The van der Waals surface area contributed by atoms with Gasteiger partial charge in [0.05, 0.1) is 11.3 Å². The summed E-state index contributed by atoms with van der Waals surface area (Å²) in [5, 5.41) is 9.72. The third kappa shape index (κ3) is 3.39. The number of carboxylic acid groups (broad SMARTS) is 1. The Bertz CT molecular complexity index is 457. The molecule has 0 atom stereocenters. The molecule has 1 fully saturated rings. The lowest BCUT2D eigenvalue weighted by molar-refractivity contribution is 0.0697. The number of nitrogens with zero attached hydrogens (tertiary/aromatic N) is 2. The molecule has 2 rings (SSSR count). The van der Waals surface area contributed by atoms with Crippen molar-refractivity contribution in [3.8, 4) is 0 Å². The highest BCUT2D eigenvalue weighted by atomic mass is 35.5. The number of piperazine rings is 1. The average molecular weight is 283 g/mol. The zero-order valence-corrected chi connectivity index (χ0v) is 11.9. The highest BCUT2D eigenvalue weighted by Crippen LogP contribution is 2.25. The molecule has 1 aliphatic heterocycles. The van der Waals surface area contributed by atoms with Crippen LogP contribution in [-0.2, 0) is 0 Å². The smallest absolute Gasteiger partial charge is 0.337 e. The SMILES string of the molecule is CCCN1CCN(c2ccc(Cl)cc2C(=O)O)CC1. The van der Waals surface area contributed by atoms with Crippen molar-refractivity contribution >= 4 is 23.3 Å². The van der Waals surface area contributed by atoms with Gasteiger partial charge in [-0.2, -0.15) is 0 Å². The van der Waals surface area contributed by atoms with Crippen LogP contribution < -0.4 is 4.90 Å². The van der Waals surface area contributed by atoms with Gasteiger partial charge in [-0.05, 0) is 31.2 Å². The molecule has 1 aromatic carbocycles. The second kappa shape index (κ2) is 6.26. The van der Waals surface area contributed by atoms with Gasteiger partial charge >= 0.3 is 5.97 Å². The summed E-state index contributed by atoms with van der Waals surface area (Å²) in [5.74, 6) is -0.923. The molecule has 1 N–H and O–H groups in total. The van der Waals surface area contributed by atoms with Gasteiger partial charge in [-0.1, -0.05) is 18.5 Å². The number of rotatable bonds is 4. The predicted molar refractivity (Wildman–Crippen MR) is 77.4 cm³/mol. The van der Waals surface area contributed by atoms with E-state index in [-0.39, 0.29) is 5.56 Å². The number of aromatic carboxylic acids is 1. The Morgan fingerprint density at radius 2 is 2.00 bits per heavy atom. The lowest BCUT2D eigenvalue weighted by atomic mass is 10.1.